The molecule has 2 fully saturated rings. The van der Waals surface area contributed by atoms with Crippen molar-refractivity contribution in [2.24, 2.45) is 0 Å². The summed E-state index contributed by atoms with van der Waals surface area (Å²) in [5, 5.41) is 3.98. The summed E-state index contributed by atoms with van der Waals surface area (Å²) in [6.45, 7) is 5.85. The van der Waals surface area contributed by atoms with Crippen LogP contribution in [0.2, 0.25) is 0 Å². The van der Waals surface area contributed by atoms with Crippen LogP contribution in [0.1, 0.15) is 25.0 Å². The van der Waals surface area contributed by atoms with Gasteiger partial charge >= 0.3 is 0 Å². The minimum atomic E-state index is 0.786. The maximum absolute atomic E-state index is 4.88. The standard InChI is InChI=1S/C12H19N3O/c1-2-5-15-7-6-14(10-12(15)3-1)9-11-4-8-16-13-11/h4,8,12H,1-3,5-7,9-10H2. The zero-order chi connectivity index (χ0) is 10.8. The van der Waals surface area contributed by atoms with Gasteiger partial charge in [0.05, 0.1) is 5.69 Å². The van der Waals surface area contributed by atoms with Crippen LogP contribution in [-0.4, -0.2) is 47.2 Å². The van der Waals surface area contributed by atoms with Crippen molar-refractivity contribution in [2.75, 3.05) is 26.2 Å². The number of piperidine rings is 1. The van der Waals surface area contributed by atoms with E-state index in [4.69, 9.17) is 4.52 Å². The highest BCUT2D eigenvalue weighted by molar-refractivity contribution is 4.96. The van der Waals surface area contributed by atoms with Gasteiger partial charge in [-0.2, -0.15) is 0 Å². The van der Waals surface area contributed by atoms with Crippen LogP contribution in [0.5, 0.6) is 0 Å². The largest absolute Gasteiger partial charge is 0.364 e. The maximum atomic E-state index is 4.88. The third kappa shape index (κ3) is 2.13. The van der Waals surface area contributed by atoms with Crippen LogP contribution < -0.4 is 0 Å². The van der Waals surface area contributed by atoms with Gasteiger partial charge in [0.25, 0.3) is 0 Å². The fourth-order valence-corrected chi connectivity index (χ4v) is 2.91. The van der Waals surface area contributed by atoms with Gasteiger partial charge in [0.1, 0.15) is 6.26 Å². The molecule has 3 rings (SSSR count). The quantitative estimate of drug-likeness (QED) is 0.754. The summed E-state index contributed by atoms with van der Waals surface area (Å²) in [6.07, 6.45) is 5.82. The summed E-state index contributed by atoms with van der Waals surface area (Å²) < 4.78 is 4.88. The molecule has 0 aliphatic carbocycles. The third-order valence-corrected chi connectivity index (χ3v) is 3.80. The molecule has 0 aromatic carbocycles. The van der Waals surface area contributed by atoms with Crippen molar-refractivity contribution in [3.05, 3.63) is 18.0 Å². The molecule has 0 bridgehead atoms. The molecule has 16 heavy (non-hydrogen) atoms. The molecular weight excluding hydrogens is 202 g/mol. The summed E-state index contributed by atoms with van der Waals surface area (Å²) in [6, 6.07) is 2.75. The Kier molecular flexibility index (Phi) is 2.93. The van der Waals surface area contributed by atoms with E-state index < -0.39 is 0 Å². The fourth-order valence-electron chi connectivity index (χ4n) is 2.91. The minimum Gasteiger partial charge on any atom is -0.364 e. The van der Waals surface area contributed by atoms with Crippen LogP contribution in [0.25, 0.3) is 0 Å². The lowest BCUT2D eigenvalue weighted by atomic mass is 9.99. The fraction of sp³-hybridized carbons (Fsp3) is 0.750. The zero-order valence-electron chi connectivity index (χ0n) is 9.64. The number of hydrogen-bond acceptors (Lipinski definition) is 4. The van der Waals surface area contributed by atoms with Crippen molar-refractivity contribution < 1.29 is 4.52 Å². The lowest BCUT2D eigenvalue weighted by Crippen LogP contribution is -2.54. The van der Waals surface area contributed by atoms with Crippen molar-refractivity contribution >= 4 is 0 Å². The van der Waals surface area contributed by atoms with E-state index >= 15 is 0 Å². The highest BCUT2D eigenvalue weighted by atomic mass is 16.5. The van der Waals surface area contributed by atoms with Gasteiger partial charge in [0.15, 0.2) is 0 Å². The van der Waals surface area contributed by atoms with Gasteiger partial charge in [-0.1, -0.05) is 11.6 Å². The number of piperazine rings is 1. The average molecular weight is 221 g/mol. The van der Waals surface area contributed by atoms with E-state index in [-0.39, 0.29) is 0 Å². The van der Waals surface area contributed by atoms with Crippen molar-refractivity contribution in [1.29, 1.82) is 0 Å². The highest BCUT2D eigenvalue weighted by Crippen LogP contribution is 2.21. The maximum Gasteiger partial charge on any atom is 0.124 e. The van der Waals surface area contributed by atoms with Gasteiger partial charge in [-0.3, -0.25) is 9.80 Å². The van der Waals surface area contributed by atoms with E-state index in [1.54, 1.807) is 6.26 Å². The highest BCUT2D eigenvalue weighted by Gasteiger charge is 2.28. The number of fused-ring (bicyclic) bond motifs is 1. The molecular formula is C12H19N3O. The van der Waals surface area contributed by atoms with Crippen molar-refractivity contribution in [1.82, 2.24) is 15.0 Å². The molecule has 0 saturated carbocycles. The number of aromatic nitrogens is 1. The molecule has 0 N–H and O–H groups in total. The van der Waals surface area contributed by atoms with E-state index in [0.717, 1.165) is 18.3 Å². The second-order valence-corrected chi connectivity index (χ2v) is 4.91. The van der Waals surface area contributed by atoms with Gasteiger partial charge < -0.3 is 4.52 Å². The molecule has 1 aromatic heterocycles. The van der Waals surface area contributed by atoms with Crippen LogP contribution in [-0.2, 0) is 6.54 Å². The predicted molar refractivity (Wildman–Crippen MR) is 61.0 cm³/mol. The van der Waals surface area contributed by atoms with Crippen molar-refractivity contribution in [2.45, 2.75) is 31.8 Å². The van der Waals surface area contributed by atoms with Gasteiger partial charge in [-0.15, -0.1) is 0 Å². The molecule has 4 nitrogen and oxygen atoms in total. The summed E-state index contributed by atoms with van der Waals surface area (Å²) in [7, 11) is 0. The summed E-state index contributed by atoms with van der Waals surface area (Å²) in [4.78, 5) is 5.16. The zero-order valence-corrected chi connectivity index (χ0v) is 9.64. The third-order valence-electron chi connectivity index (χ3n) is 3.80. The normalized spacial score (nSPS) is 27.9. The smallest absolute Gasteiger partial charge is 0.124 e. The Hall–Kier alpha value is -0.870. The van der Waals surface area contributed by atoms with Crippen LogP contribution in [0.4, 0.5) is 0 Å². The lowest BCUT2D eigenvalue weighted by molar-refractivity contribution is 0.0447. The number of rotatable bonds is 2. The molecule has 88 valence electrons. The first kappa shape index (κ1) is 10.3. The molecule has 2 aliphatic rings. The first-order chi connectivity index (χ1) is 7.92. The molecule has 1 unspecified atom stereocenters. The Labute approximate surface area is 96.2 Å². The van der Waals surface area contributed by atoms with E-state index in [1.807, 2.05) is 6.07 Å². The van der Waals surface area contributed by atoms with E-state index in [0.29, 0.717) is 0 Å². The molecule has 4 heteroatoms. The lowest BCUT2D eigenvalue weighted by Gasteiger charge is -2.43. The monoisotopic (exact) mass is 221 g/mol. The molecule has 0 amide bonds. The summed E-state index contributed by atoms with van der Waals surface area (Å²) in [5.74, 6) is 0. The minimum absolute atomic E-state index is 0.786. The molecule has 2 saturated heterocycles. The predicted octanol–water partition coefficient (Wildman–Crippen LogP) is 1.34. The van der Waals surface area contributed by atoms with Crippen LogP contribution in [0.3, 0.4) is 0 Å². The van der Waals surface area contributed by atoms with Crippen LogP contribution in [0.15, 0.2) is 16.9 Å². The summed E-state index contributed by atoms with van der Waals surface area (Å²) >= 11 is 0. The van der Waals surface area contributed by atoms with Crippen LogP contribution >= 0.6 is 0 Å². The molecule has 1 aromatic rings. The van der Waals surface area contributed by atoms with Crippen molar-refractivity contribution in [3.8, 4) is 0 Å². The second-order valence-electron chi connectivity index (χ2n) is 4.91. The molecule has 3 heterocycles. The topological polar surface area (TPSA) is 32.5 Å². The van der Waals surface area contributed by atoms with E-state index in [2.05, 4.69) is 15.0 Å². The molecule has 0 radical (unpaired) electrons. The van der Waals surface area contributed by atoms with Gasteiger partial charge in [0, 0.05) is 38.3 Å². The Bertz CT molecular complexity index is 325. The Morgan fingerprint density at radius 1 is 1.31 bits per heavy atom. The SMILES string of the molecule is c1cc(CN2CCN3CCCCC3C2)no1. The Morgan fingerprint density at radius 2 is 2.31 bits per heavy atom. The Balaban J connectivity index is 1.58. The van der Waals surface area contributed by atoms with Gasteiger partial charge in [-0.05, 0) is 19.4 Å². The average Bonchev–Trinajstić information content (AvgIpc) is 2.82. The van der Waals surface area contributed by atoms with Gasteiger partial charge in [-0.25, -0.2) is 0 Å². The summed E-state index contributed by atoms with van der Waals surface area (Å²) in [5.41, 5.74) is 1.06. The number of hydrogen-bond donors (Lipinski definition) is 0. The van der Waals surface area contributed by atoms with Crippen molar-refractivity contribution in [3.63, 3.8) is 0 Å². The molecule has 0 spiro atoms. The second kappa shape index (κ2) is 4.55. The number of nitrogens with zero attached hydrogens (tertiary/aromatic N) is 3. The first-order valence-electron chi connectivity index (χ1n) is 6.27. The van der Waals surface area contributed by atoms with E-state index in [1.165, 1.54) is 45.4 Å². The molecule has 2 aliphatic heterocycles. The Morgan fingerprint density at radius 3 is 3.19 bits per heavy atom. The first-order valence-corrected chi connectivity index (χ1v) is 6.27. The molecule has 1 atom stereocenters. The van der Waals surface area contributed by atoms with E-state index in [9.17, 15) is 0 Å². The van der Waals surface area contributed by atoms with Crippen LogP contribution in [0, 0.1) is 0 Å². The van der Waals surface area contributed by atoms with Gasteiger partial charge in [0.2, 0.25) is 0 Å².